The molecule has 3 N–H and O–H groups in total. The summed E-state index contributed by atoms with van der Waals surface area (Å²) in [5, 5.41) is 8.79. The molecule has 2 atom stereocenters. The van der Waals surface area contributed by atoms with Gasteiger partial charge in [-0.15, -0.1) is 0 Å². The third-order valence-corrected chi connectivity index (χ3v) is 6.97. The summed E-state index contributed by atoms with van der Waals surface area (Å²) in [4.78, 5) is 39.5. The zero-order valence-electron chi connectivity index (χ0n) is 23.7. The maximum absolute atomic E-state index is 13.8. The third-order valence-electron chi connectivity index (χ3n) is 6.97. The van der Waals surface area contributed by atoms with Crippen LogP contribution in [0.4, 0.5) is 4.79 Å². The lowest BCUT2D eigenvalue weighted by molar-refractivity contribution is -0.129. The Kier molecular flexibility index (Phi) is 11.3. The number of benzene rings is 4. The number of rotatable bonds is 13. The van der Waals surface area contributed by atoms with Gasteiger partial charge in [0.2, 0.25) is 11.8 Å². The van der Waals surface area contributed by atoms with Crippen molar-refractivity contribution in [3.05, 3.63) is 144 Å². The molecule has 0 heterocycles. The summed E-state index contributed by atoms with van der Waals surface area (Å²) >= 11 is 0. The summed E-state index contributed by atoms with van der Waals surface area (Å²) in [5.74, 6) is -1.14. The van der Waals surface area contributed by atoms with Crippen LogP contribution in [0.3, 0.4) is 0 Å². The highest BCUT2D eigenvalue weighted by Gasteiger charge is 2.28. The van der Waals surface area contributed by atoms with Crippen molar-refractivity contribution in [2.45, 2.75) is 44.4 Å². The molecule has 0 unspecified atom stereocenters. The second-order valence-electron chi connectivity index (χ2n) is 10.1. The molecule has 4 rings (SSSR count). The number of hydrogen-bond acceptors (Lipinski definition) is 4. The first-order chi connectivity index (χ1) is 20.5. The second-order valence-corrected chi connectivity index (χ2v) is 10.1. The summed E-state index contributed by atoms with van der Waals surface area (Å²) in [6, 6.07) is 37.1. The Morgan fingerprint density at radius 1 is 0.643 bits per heavy atom. The molecular formula is C35H37N3O4. The van der Waals surface area contributed by atoms with Crippen molar-refractivity contribution in [2.75, 3.05) is 6.54 Å². The van der Waals surface area contributed by atoms with E-state index in [0.29, 0.717) is 19.4 Å². The molecule has 0 aliphatic heterocycles. The molecule has 0 saturated heterocycles. The van der Waals surface area contributed by atoms with Gasteiger partial charge in [-0.2, -0.15) is 0 Å². The van der Waals surface area contributed by atoms with Crippen LogP contribution in [0, 0.1) is 0 Å². The van der Waals surface area contributed by atoms with Crippen molar-refractivity contribution in [2.24, 2.45) is 0 Å². The van der Waals surface area contributed by atoms with Gasteiger partial charge in [0.15, 0.2) is 0 Å². The first-order valence-electron chi connectivity index (χ1n) is 14.2. The number of amides is 3. The lowest BCUT2D eigenvalue weighted by Gasteiger charge is -2.25. The highest BCUT2D eigenvalue weighted by Crippen LogP contribution is 2.25. The van der Waals surface area contributed by atoms with Crippen LogP contribution in [-0.2, 0) is 20.9 Å². The van der Waals surface area contributed by atoms with Crippen LogP contribution in [0.2, 0.25) is 0 Å². The van der Waals surface area contributed by atoms with Crippen LogP contribution >= 0.6 is 0 Å². The molecule has 3 amide bonds. The first kappa shape index (κ1) is 30.1. The van der Waals surface area contributed by atoms with E-state index in [-0.39, 0.29) is 24.5 Å². The van der Waals surface area contributed by atoms with Gasteiger partial charge >= 0.3 is 6.09 Å². The summed E-state index contributed by atoms with van der Waals surface area (Å²) in [7, 11) is 0. The van der Waals surface area contributed by atoms with Crippen LogP contribution < -0.4 is 16.0 Å². The van der Waals surface area contributed by atoms with Crippen molar-refractivity contribution < 1.29 is 19.1 Å². The van der Waals surface area contributed by atoms with Gasteiger partial charge in [0.05, 0.1) is 12.0 Å². The van der Waals surface area contributed by atoms with Gasteiger partial charge < -0.3 is 20.7 Å². The van der Waals surface area contributed by atoms with Crippen LogP contribution in [0.1, 0.15) is 54.0 Å². The molecule has 0 saturated carbocycles. The van der Waals surface area contributed by atoms with Crippen LogP contribution in [-0.4, -0.2) is 30.5 Å². The van der Waals surface area contributed by atoms with E-state index in [1.54, 1.807) is 0 Å². The van der Waals surface area contributed by atoms with Gasteiger partial charge in [-0.3, -0.25) is 9.59 Å². The summed E-state index contributed by atoms with van der Waals surface area (Å²) in [5.41, 5.74) is 3.53. The molecule has 0 aromatic heterocycles. The fraction of sp³-hybridized carbons (Fsp3) is 0.229. The van der Waals surface area contributed by atoms with Crippen molar-refractivity contribution in [3.8, 4) is 0 Å². The standard InChI is InChI=1S/C35H37N3O4/c1-26(28-17-8-3-9-18-28)37-33(39)31(23-14-24-36-35(41)42-25-27-15-6-2-7-16-27)38-34(40)32(29-19-10-4-11-20-29)30-21-12-5-13-22-30/h2-13,15-22,26,31-32H,14,23-25H2,1H3,(H,36,41)(H,37,39)(H,38,40)/t26-,31-/m1/s1. The number of alkyl carbamates (subject to hydrolysis) is 1. The van der Waals surface area contributed by atoms with Gasteiger partial charge in [-0.25, -0.2) is 4.79 Å². The smallest absolute Gasteiger partial charge is 0.407 e. The fourth-order valence-corrected chi connectivity index (χ4v) is 4.72. The summed E-state index contributed by atoms with van der Waals surface area (Å²) < 4.78 is 5.28. The van der Waals surface area contributed by atoms with Gasteiger partial charge in [0.1, 0.15) is 12.6 Å². The van der Waals surface area contributed by atoms with E-state index in [0.717, 1.165) is 22.3 Å². The molecule has 4 aromatic rings. The number of carbonyl (C=O) groups is 3. The van der Waals surface area contributed by atoms with Crippen LogP contribution in [0.25, 0.3) is 0 Å². The van der Waals surface area contributed by atoms with Crippen LogP contribution in [0.5, 0.6) is 0 Å². The van der Waals surface area contributed by atoms with Crippen molar-refractivity contribution >= 4 is 17.9 Å². The highest BCUT2D eigenvalue weighted by molar-refractivity contribution is 5.92. The maximum atomic E-state index is 13.8. The lowest BCUT2D eigenvalue weighted by Crippen LogP contribution is -2.49. The van der Waals surface area contributed by atoms with E-state index in [1.165, 1.54) is 0 Å². The van der Waals surface area contributed by atoms with E-state index in [1.807, 2.05) is 128 Å². The van der Waals surface area contributed by atoms with E-state index < -0.39 is 18.1 Å². The first-order valence-corrected chi connectivity index (χ1v) is 14.2. The number of nitrogens with one attached hydrogen (secondary N) is 3. The summed E-state index contributed by atoms with van der Waals surface area (Å²) in [6.07, 6.45) is 0.253. The Labute approximate surface area is 247 Å². The largest absolute Gasteiger partial charge is 0.445 e. The Bertz CT molecular complexity index is 1360. The van der Waals surface area contributed by atoms with Crippen molar-refractivity contribution in [1.82, 2.24) is 16.0 Å². The molecule has 42 heavy (non-hydrogen) atoms. The Morgan fingerprint density at radius 2 is 1.14 bits per heavy atom. The van der Waals surface area contributed by atoms with Gasteiger partial charge in [0.25, 0.3) is 0 Å². The van der Waals surface area contributed by atoms with Crippen LogP contribution in [0.15, 0.2) is 121 Å². The van der Waals surface area contributed by atoms with E-state index in [9.17, 15) is 14.4 Å². The molecule has 0 radical (unpaired) electrons. The average Bonchev–Trinajstić information content (AvgIpc) is 3.03. The SMILES string of the molecule is C[C@@H](NC(=O)[C@@H](CCCNC(=O)OCc1ccccc1)NC(=O)C(c1ccccc1)c1ccccc1)c1ccccc1. The molecule has 0 spiro atoms. The fourth-order valence-electron chi connectivity index (χ4n) is 4.72. The minimum absolute atomic E-state index is 0.172. The second kappa shape index (κ2) is 15.8. The zero-order valence-corrected chi connectivity index (χ0v) is 23.7. The predicted octanol–water partition coefficient (Wildman–Crippen LogP) is 5.89. The van der Waals surface area contributed by atoms with E-state index in [4.69, 9.17) is 4.74 Å². The van der Waals surface area contributed by atoms with Gasteiger partial charge in [0, 0.05) is 6.54 Å². The van der Waals surface area contributed by atoms with Gasteiger partial charge in [-0.1, -0.05) is 121 Å². The monoisotopic (exact) mass is 563 g/mol. The predicted molar refractivity (Wildman–Crippen MR) is 164 cm³/mol. The quantitative estimate of drug-likeness (QED) is 0.177. The molecule has 0 fully saturated rings. The molecule has 0 aliphatic carbocycles. The Balaban J connectivity index is 1.42. The number of carbonyl (C=O) groups excluding carboxylic acids is 3. The number of hydrogen-bond donors (Lipinski definition) is 3. The maximum Gasteiger partial charge on any atom is 0.407 e. The topological polar surface area (TPSA) is 96.5 Å². The zero-order chi connectivity index (χ0) is 29.6. The lowest BCUT2D eigenvalue weighted by atomic mass is 9.90. The molecule has 0 aliphatic rings. The highest BCUT2D eigenvalue weighted by atomic mass is 16.5. The summed E-state index contributed by atoms with van der Waals surface area (Å²) in [6.45, 7) is 2.38. The Hall–Kier alpha value is -4.91. The molecule has 7 nitrogen and oxygen atoms in total. The normalized spacial score (nSPS) is 12.1. The molecule has 0 bridgehead atoms. The van der Waals surface area contributed by atoms with Gasteiger partial charge in [-0.05, 0) is 42.0 Å². The Morgan fingerprint density at radius 3 is 1.69 bits per heavy atom. The van der Waals surface area contributed by atoms with E-state index >= 15 is 0 Å². The average molecular weight is 564 g/mol. The molecular weight excluding hydrogens is 526 g/mol. The molecule has 216 valence electrons. The van der Waals surface area contributed by atoms with Crippen molar-refractivity contribution in [3.63, 3.8) is 0 Å². The minimum Gasteiger partial charge on any atom is -0.445 e. The molecule has 4 aromatic carbocycles. The number of ether oxygens (including phenoxy) is 1. The van der Waals surface area contributed by atoms with Crippen molar-refractivity contribution in [1.29, 1.82) is 0 Å². The third kappa shape index (κ3) is 9.06. The minimum atomic E-state index is -0.805. The van der Waals surface area contributed by atoms with E-state index in [2.05, 4.69) is 16.0 Å². The molecule has 7 heteroatoms.